The van der Waals surface area contributed by atoms with Crippen LogP contribution in [-0.2, 0) is 4.79 Å². The zero-order valence-corrected chi connectivity index (χ0v) is 17.3. The van der Waals surface area contributed by atoms with Gasteiger partial charge in [-0.3, -0.25) is 4.79 Å². The summed E-state index contributed by atoms with van der Waals surface area (Å²) in [5, 5.41) is 0. The minimum atomic E-state index is 0.314. The molecule has 1 unspecified atom stereocenters. The fourth-order valence-electron chi connectivity index (χ4n) is 4.84. The van der Waals surface area contributed by atoms with Crippen molar-refractivity contribution in [3.05, 3.63) is 70.9 Å². The van der Waals surface area contributed by atoms with Crippen LogP contribution in [0.3, 0.4) is 0 Å². The van der Waals surface area contributed by atoms with Crippen LogP contribution in [0.15, 0.2) is 70.9 Å². The minimum absolute atomic E-state index is 0.314. The molecule has 0 spiro atoms. The van der Waals surface area contributed by atoms with Crippen molar-refractivity contribution in [1.82, 2.24) is 0 Å². The van der Waals surface area contributed by atoms with Crippen molar-refractivity contribution in [3.63, 3.8) is 0 Å². The molecule has 0 aromatic carbocycles. The van der Waals surface area contributed by atoms with Crippen LogP contribution in [0.2, 0.25) is 0 Å². The molecule has 0 aliphatic heterocycles. The molecule has 1 saturated carbocycles. The maximum atomic E-state index is 11.6. The Kier molecular flexibility index (Phi) is 6.52. The monoisotopic (exact) mass is 362 g/mol. The summed E-state index contributed by atoms with van der Waals surface area (Å²) in [6.07, 6.45) is 21.7. The third-order valence-electron chi connectivity index (χ3n) is 6.53. The van der Waals surface area contributed by atoms with Crippen molar-refractivity contribution in [2.75, 3.05) is 0 Å². The Morgan fingerprint density at radius 1 is 1.15 bits per heavy atom. The fourth-order valence-corrected chi connectivity index (χ4v) is 4.84. The summed E-state index contributed by atoms with van der Waals surface area (Å²) in [6.45, 7) is 10.5. The van der Waals surface area contributed by atoms with Gasteiger partial charge in [-0.2, -0.15) is 0 Å². The number of rotatable bonds is 6. The summed E-state index contributed by atoms with van der Waals surface area (Å²) >= 11 is 0. The molecular weight excluding hydrogens is 328 g/mol. The highest BCUT2D eigenvalue weighted by atomic mass is 16.1. The molecule has 0 saturated heterocycles. The van der Waals surface area contributed by atoms with Crippen LogP contribution in [0, 0.1) is 17.8 Å². The Bertz CT molecular complexity index is 745. The van der Waals surface area contributed by atoms with E-state index in [9.17, 15) is 4.79 Å². The molecule has 0 bridgehead atoms. The summed E-state index contributed by atoms with van der Waals surface area (Å²) < 4.78 is 0. The van der Waals surface area contributed by atoms with Gasteiger partial charge in [0.1, 0.15) is 5.78 Å². The van der Waals surface area contributed by atoms with Crippen molar-refractivity contribution in [2.24, 2.45) is 17.8 Å². The highest BCUT2D eigenvalue weighted by Gasteiger charge is 2.26. The van der Waals surface area contributed by atoms with E-state index < -0.39 is 0 Å². The third-order valence-corrected chi connectivity index (χ3v) is 6.53. The second-order valence-corrected chi connectivity index (χ2v) is 8.65. The highest BCUT2D eigenvalue weighted by molar-refractivity contribution is 5.78. The summed E-state index contributed by atoms with van der Waals surface area (Å²) in [7, 11) is 0. The number of carbonyl (C=O) groups excluding carboxylic acids is 1. The van der Waals surface area contributed by atoms with Gasteiger partial charge >= 0.3 is 0 Å². The highest BCUT2D eigenvalue weighted by Crippen LogP contribution is 2.37. The lowest BCUT2D eigenvalue weighted by molar-refractivity contribution is -0.121. The molecule has 0 radical (unpaired) electrons. The molecule has 1 atom stereocenters. The average Bonchev–Trinajstić information content (AvgIpc) is 3.08. The van der Waals surface area contributed by atoms with Crippen molar-refractivity contribution in [3.8, 4) is 0 Å². The molecule has 0 N–H and O–H groups in total. The largest absolute Gasteiger partial charge is 0.300 e. The molecule has 3 aliphatic carbocycles. The maximum absolute atomic E-state index is 11.6. The van der Waals surface area contributed by atoms with E-state index in [-0.39, 0.29) is 0 Å². The second kappa shape index (κ2) is 8.87. The van der Waals surface area contributed by atoms with E-state index in [2.05, 4.69) is 56.9 Å². The van der Waals surface area contributed by atoms with Crippen molar-refractivity contribution >= 4 is 5.78 Å². The molecule has 0 aromatic heterocycles. The summed E-state index contributed by atoms with van der Waals surface area (Å²) in [5.41, 5.74) is 6.84. The fraction of sp³-hybridized carbons (Fsp3) is 0.500. The van der Waals surface area contributed by atoms with Gasteiger partial charge in [-0.05, 0) is 99.8 Å². The molecule has 0 aromatic rings. The smallest absolute Gasteiger partial charge is 0.132 e. The Morgan fingerprint density at radius 3 is 2.44 bits per heavy atom. The quantitative estimate of drug-likeness (QED) is 0.462. The van der Waals surface area contributed by atoms with Crippen LogP contribution in [0.25, 0.3) is 0 Å². The van der Waals surface area contributed by atoms with Crippen molar-refractivity contribution in [2.45, 2.75) is 65.7 Å². The predicted octanol–water partition coefficient (Wildman–Crippen LogP) is 7.05. The van der Waals surface area contributed by atoms with Crippen LogP contribution in [0.5, 0.6) is 0 Å². The molecule has 1 nitrogen and oxygen atoms in total. The zero-order valence-electron chi connectivity index (χ0n) is 17.3. The Labute approximate surface area is 165 Å². The lowest BCUT2D eigenvalue weighted by Gasteiger charge is -2.29. The molecule has 1 heteroatoms. The average molecular weight is 363 g/mol. The first-order valence-electron chi connectivity index (χ1n) is 10.6. The summed E-state index contributed by atoms with van der Waals surface area (Å²) in [5.74, 6) is 1.91. The summed E-state index contributed by atoms with van der Waals surface area (Å²) in [6, 6.07) is 0. The predicted molar refractivity (Wildman–Crippen MR) is 115 cm³/mol. The van der Waals surface area contributed by atoms with E-state index in [1.54, 1.807) is 6.92 Å². The zero-order chi connectivity index (χ0) is 19.4. The second-order valence-electron chi connectivity index (χ2n) is 8.65. The first kappa shape index (κ1) is 19.9. The van der Waals surface area contributed by atoms with Crippen molar-refractivity contribution < 1.29 is 4.79 Å². The van der Waals surface area contributed by atoms with Gasteiger partial charge in [-0.15, -0.1) is 0 Å². The van der Waals surface area contributed by atoms with Gasteiger partial charge in [0, 0.05) is 5.92 Å². The number of ketones is 1. The Morgan fingerprint density at radius 2 is 1.89 bits per heavy atom. The standard InChI is InChI=1S/C26H34O/c1-18(16-20(3)26-7-5-6-19(26)2)17-22-8-10-24(11-9-22)25-14-12-23(13-15-25)21(4)27/h6-8,10-11,16,22-23,25H,1,5,9,12-15,17H2,2-4H3/b20-16-. The molecule has 144 valence electrons. The van der Waals surface area contributed by atoms with Gasteiger partial charge in [-0.1, -0.05) is 48.6 Å². The van der Waals surface area contributed by atoms with Crippen molar-refractivity contribution in [1.29, 1.82) is 0 Å². The lowest BCUT2D eigenvalue weighted by atomic mass is 9.75. The van der Waals surface area contributed by atoms with Crippen LogP contribution >= 0.6 is 0 Å². The van der Waals surface area contributed by atoms with Crippen LogP contribution in [0.1, 0.15) is 65.7 Å². The van der Waals surface area contributed by atoms with E-state index in [1.165, 1.54) is 40.7 Å². The first-order valence-corrected chi connectivity index (χ1v) is 10.6. The van der Waals surface area contributed by atoms with Gasteiger partial charge < -0.3 is 0 Å². The third kappa shape index (κ3) is 5.09. The van der Waals surface area contributed by atoms with E-state index in [0.717, 1.165) is 32.1 Å². The molecule has 27 heavy (non-hydrogen) atoms. The van der Waals surface area contributed by atoms with E-state index in [0.29, 0.717) is 23.5 Å². The van der Waals surface area contributed by atoms with E-state index in [4.69, 9.17) is 0 Å². The van der Waals surface area contributed by atoms with E-state index in [1.807, 2.05) is 0 Å². The molecular formula is C26H34O. The molecule has 0 amide bonds. The number of carbonyl (C=O) groups is 1. The van der Waals surface area contributed by atoms with Crippen LogP contribution in [-0.4, -0.2) is 5.78 Å². The molecule has 3 aliphatic rings. The molecule has 1 fully saturated rings. The van der Waals surface area contributed by atoms with Crippen LogP contribution < -0.4 is 0 Å². The van der Waals surface area contributed by atoms with Crippen LogP contribution in [0.4, 0.5) is 0 Å². The number of hydrogen-bond acceptors (Lipinski definition) is 1. The number of Topliss-reactive ketones (excluding diaryl/α,β-unsaturated/α-hetero) is 1. The normalized spacial score (nSPS) is 28.5. The molecule has 3 rings (SSSR count). The first-order chi connectivity index (χ1) is 12.9. The van der Waals surface area contributed by atoms with Gasteiger partial charge in [0.2, 0.25) is 0 Å². The maximum Gasteiger partial charge on any atom is 0.132 e. The summed E-state index contributed by atoms with van der Waals surface area (Å²) in [4.78, 5) is 11.6. The van der Waals surface area contributed by atoms with Gasteiger partial charge in [0.25, 0.3) is 0 Å². The minimum Gasteiger partial charge on any atom is -0.300 e. The number of hydrogen-bond donors (Lipinski definition) is 0. The van der Waals surface area contributed by atoms with E-state index >= 15 is 0 Å². The number of allylic oxidation sites excluding steroid dienone is 11. The Balaban J connectivity index is 1.49. The topological polar surface area (TPSA) is 17.1 Å². The van der Waals surface area contributed by atoms with Gasteiger partial charge in [0.05, 0.1) is 0 Å². The Hall–Kier alpha value is -1.89. The lowest BCUT2D eigenvalue weighted by Crippen LogP contribution is -2.21. The van der Waals surface area contributed by atoms with Gasteiger partial charge in [-0.25, -0.2) is 0 Å². The van der Waals surface area contributed by atoms with Gasteiger partial charge in [0.15, 0.2) is 0 Å². The molecule has 0 heterocycles. The SMILES string of the molecule is C=C(/C=C(/C)C1=CCC=C1C)CC1C=CC(C2CCC(C(C)=O)CC2)=CC1.